The molecule has 1 saturated carbocycles. The largest absolute Gasteiger partial charge is 0.481 e. The molecule has 48 heavy (non-hydrogen) atoms. The first-order valence-corrected chi connectivity index (χ1v) is 17.5. The van der Waals surface area contributed by atoms with Gasteiger partial charge in [-0.2, -0.15) is 0 Å². The van der Waals surface area contributed by atoms with E-state index >= 15 is 0 Å². The van der Waals surface area contributed by atoms with E-state index in [4.69, 9.17) is 20.4 Å². The Bertz CT molecular complexity index is 1040. The Labute approximate surface area is 295 Å². The summed E-state index contributed by atoms with van der Waals surface area (Å²) in [5.74, 6) is -2.37. The highest BCUT2D eigenvalue weighted by Gasteiger charge is 2.55. The van der Waals surface area contributed by atoms with Crippen LogP contribution in [0.1, 0.15) is 177 Å². The lowest BCUT2D eigenvalue weighted by molar-refractivity contribution is -0.166. The molecule has 0 aliphatic heterocycles. The Kier molecular flexibility index (Phi) is 18.5. The third-order valence-electron chi connectivity index (χ3n) is 8.88. The highest BCUT2D eigenvalue weighted by Crippen LogP contribution is 2.58. The molecule has 0 heterocycles. The number of hydrogen-bond acceptors (Lipinski definition) is 4. The molecule has 1 aliphatic carbocycles. The van der Waals surface area contributed by atoms with Crippen LogP contribution in [-0.2, 0) is 19.2 Å². The van der Waals surface area contributed by atoms with Crippen molar-refractivity contribution < 1.29 is 39.6 Å². The minimum absolute atomic E-state index is 0.0376. The predicted octanol–water partition coefficient (Wildman–Crippen LogP) is 11.2. The molecule has 2 unspecified atom stereocenters. The first-order chi connectivity index (χ1) is 20.6. The van der Waals surface area contributed by atoms with Crippen LogP contribution in [0.15, 0.2) is 0 Å². The maximum absolute atomic E-state index is 10.9. The summed E-state index contributed by atoms with van der Waals surface area (Å²) in [5, 5.41) is 35.2. The molecular weight excluding hydrogens is 608 g/mol. The van der Waals surface area contributed by atoms with Crippen LogP contribution in [0.25, 0.3) is 0 Å². The molecule has 0 aromatic rings. The van der Waals surface area contributed by atoms with Gasteiger partial charge in [0.2, 0.25) is 0 Å². The molecule has 0 aromatic heterocycles. The lowest BCUT2D eigenvalue weighted by Crippen LogP contribution is -2.53. The molecule has 8 nitrogen and oxygen atoms in total. The lowest BCUT2D eigenvalue weighted by atomic mass is 9.48. The molecule has 0 aromatic carbocycles. The van der Waals surface area contributed by atoms with E-state index < -0.39 is 34.7 Å². The van der Waals surface area contributed by atoms with E-state index in [0.29, 0.717) is 12.3 Å². The van der Waals surface area contributed by atoms with E-state index in [1.807, 2.05) is 13.8 Å². The maximum atomic E-state index is 10.9. The van der Waals surface area contributed by atoms with Crippen LogP contribution in [-0.4, -0.2) is 44.3 Å². The summed E-state index contributed by atoms with van der Waals surface area (Å²) in [7, 11) is 0. The minimum atomic E-state index is -0.715. The Hall–Kier alpha value is -2.12. The molecule has 0 radical (unpaired) electrons. The lowest BCUT2D eigenvalue weighted by Gasteiger charge is -2.56. The Morgan fingerprint density at radius 1 is 0.562 bits per heavy atom. The second kappa shape index (κ2) is 17.7. The van der Waals surface area contributed by atoms with Crippen LogP contribution in [0.2, 0.25) is 0 Å². The van der Waals surface area contributed by atoms with Crippen molar-refractivity contribution in [2.24, 2.45) is 55.2 Å². The second-order valence-corrected chi connectivity index (χ2v) is 21.5. The van der Waals surface area contributed by atoms with Gasteiger partial charge >= 0.3 is 23.9 Å². The van der Waals surface area contributed by atoms with Gasteiger partial charge < -0.3 is 20.4 Å². The summed E-state index contributed by atoms with van der Waals surface area (Å²) >= 11 is 0. The van der Waals surface area contributed by atoms with Gasteiger partial charge in [-0.15, -0.1) is 0 Å². The quantitative estimate of drug-likeness (QED) is 0.187. The predicted molar refractivity (Wildman–Crippen MR) is 198 cm³/mol. The molecule has 1 fully saturated rings. The maximum Gasteiger partial charge on any atom is 0.309 e. The average Bonchev–Trinajstić information content (AvgIpc) is 2.72. The Morgan fingerprint density at radius 2 is 0.938 bits per heavy atom. The van der Waals surface area contributed by atoms with Crippen molar-refractivity contribution in [1.29, 1.82) is 0 Å². The van der Waals surface area contributed by atoms with Crippen LogP contribution in [0, 0.1) is 55.2 Å². The SMILES string of the molecule is CC(C)(C)C1CC(C(=O)O)C1(C)C.CC(C)(C)CC(C)(C)C(=O)O.CC(C)(C)CC(C)(C)CC(=O)O.CC(C)(C)CCC(C)(C)C(=O)O. The fraction of sp³-hybridized carbons (Fsp3) is 0.900. The number of aliphatic carboxylic acids is 4. The van der Waals surface area contributed by atoms with Crippen molar-refractivity contribution in [3.05, 3.63) is 0 Å². The Balaban J connectivity index is -0.000000564. The zero-order valence-corrected chi connectivity index (χ0v) is 34.8. The zero-order chi connectivity index (χ0) is 39.7. The molecule has 0 bridgehead atoms. The van der Waals surface area contributed by atoms with Crippen LogP contribution in [0.3, 0.4) is 0 Å². The van der Waals surface area contributed by atoms with Gasteiger partial charge in [-0.05, 0) is 98.2 Å². The van der Waals surface area contributed by atoms with Crippen molar-refractivity contribution in [2.75, 3.05) is 0 Å². The summed E-state index contributed by atoms with van der Waals surface area (Å²) in [6, 6.07) is 0. The minimum Gasteiger partial charge on any atom is -0.481 e. The van der Waals surface area contributed by atoms with Gasteiger partial charge in [0.25, 0.3) is 0 Å². The number of carboxylic acid groups (broad SMARTS) is 4. The molecule has 8 heteroatoms. The monoisotopic (exact) mass is 687 g/mol. The van der Waals surface area contributed by atoms with Crippen molar-refractivity contribution in [3.63, 3.8) is 0 Å². The molecule has 1 aliphatic rings. The highest BCUT2D eigenvalue weighted by atomic mass is 16.4. The second-order valence-electron chi connectivity index (χ2n) is 21.5. The molecule has 4 N–H and O–H groups in total. The van der Waals surface area contributed by atoms with Crippen molar-refractivity contribution in [1.82, 2.24) is 0 Å². The van der Waals surface area contributed by atoms with Gasteiger partial charge in [-0.25, -0.2) is 0 Å². The molecule has 1 rings (SSSR count). The van der Waals surface area contributed by atoms with Crippen LogP contribution in [0.4, 0.5) is 0 Å². The number of carbonyl (C=O) groups is 4. The van der Waals surface area contributed by atoms with Gasteiger partial charge in [0.1, 0.15) is 0 Å². The highest BCUT2D eigenvalue weighted by molar-refractivity contribution is 5.74. The standard InChI is InChI=1S/C11H20O2.2C10H20O2.C9H18O2/c1-10(2,3)8-6-7(9(12)13)11(8,4)5;1-9(2,3)7-10(4,5)6-8(11)12;1-9(2,3)6-7-10(4,5)8(11)12;1-8(2,3)6-9(4,5)7(10)11/h7-8H,6H2,1-5H3,(H,12,13);2*6-7H2,1-5H3,(H,11,12);6H2,1-5H3,(H,10,11). The van der Waals surface area contributed by atoms with Crippen LogP contribution < -0.4 is 0 Å². The number of carboxylic acids is 4. The zero-order valence-electron chi connectivity index (χ0n) is 34.8. The van der Waals surface area contributed by atoms with E-state index in [0.717, 1.165) is 25.7 Å². The van der Waals surface area contributed by atoms with Gasteiger partial charge in [0, 0.05) is 0 Å². The van der Waals surface area contributed by atoms with Gasteiger partial charge in [0.15, 0.2) is 0 Å². The molecule has 2 atom stereocenters. The molecule has 0 saturated heterocycles. The van der Waals surface area contributed by atoms with Crippen molar-refractivity contribution >= 4 is 23.9 Å². The number of hydrogen-bond donors (Lipinski definition) is 4. The van der Waals surface area contributed by atoms with E-state index in [1.165, 1.54) is 0 Å². The third-order valence-corrected chi connectivity index (χ3v) is 8.88. The molecular formula is C40H78O8. The van der Waals surface area contributed by atoms with Crippen molar-refractivity contribution in [3.8, 4) is 0 Å². The number of rotatable bonds is 9. The summed E-state index contributed by atoms with van der Waals surface area (Å²) in [4.78, 5) is 42.8. The third kappa shape index (κ3) is 22.5. The first kappa shape index (κ1) is 50.3. The summed E-state index contributed by atoms with van der Waals surface area (Å²) in [6.45, 7) is 40.8. The Morgan fingerprint density at radius 3 is 1.15 bits per heavy atom. The van der Waals surface area contributed by atoms with E-state index in [2.05, 4.69) is 96.9 Å². The summed E-state index contributed by atoms with van der Waals surface area (Å²) < 4.78 is 0. The summed E-state index contributed by atoms with van der Waals surface area (Å²) in [5.41, 5.74) is -0.553. The summed E-state index contributed by atoms with van der Waals surface area (Å²) in [6.07, 6.45) is 4.43. The van der Waals surface area contributed by atoms with Gasteiger partial charge in [-0.1, -0.05) is 111 Å². The van der Waals surface area contributed by atoms with E-state index in [1.54, 1.807) is 27.7 Å². The topological polar surface area (TPSA) is 149 Å². The van der Waals surface area contributed by atoms with Crippen LogP contribution >= 0.6 is 0 Å². The van der Waals surface area contributed by atoms with Crippen LogP contribution in [0.5, 0.6) is 0 Å². The normalized spacial score (nSPS) is 18.3. The molecule has 0 spiro atoms. The molecule has 0 amide bonds. The molecule has 286 valence electrons. The van der Waals surface area contributed by atoms with E-state index in [-0.39, 0.29) is 44.8 Å². The fourth-order valence-corrected chi connectivity index (χ4v) is 6.92. The van der Waals surface area contributed by atoms with E-state index in [9.17, 15) is 19.2 Å². The fourth-order valence-electron chi connectivity index (χ4n) is 6.92. The smallest absolute Gasteiger partial charge is 0.309 e. The van der Waals surface area contributed by atoms with Crippen molar-refractivity contribution in [2.45, 2.75) is 177 Å². The average molecular weight is 687 g/mol. The van der Waals surface area contributed by atoms with Gasteiger partial charge in [-0.3, -0.25) is 19.2 Å². The van der Waals surface area contributed by atoms with Gasteiger partial charge in [0.05, 0.1) is 23.2 Å². The first-order valence-electron chi connectivity index (χ1n) is 17.5.